The van der Waals surface area contributed by atoms with Crippen molar-refractivity contribution in [3.05, 3.63) is 73.7 Å². The molecule has 0 aliphatic carbocycles. The first kappa shape index (κ1) is 33.9. The summed E-state index contributed by atoms with van der Waals surface area (Å²) in [6.45, 7) is 0. The number of carbonyl (C=O) groups is 2. The molecule has 2 aromatic carbocycles. The van der Waals surface area contributed by atoms with E-state index in [2.05, 4.69) is 0 Å². The molecule has 0 aliphatic heterocycles. The lowest BCUT2D eigenvalue weighted by Gasteiger charge is -2.19. The third kappa shape index (κ3) is 9.67. The Labute approximate surface area is 240 Å². The number of amides is 2. The summed E-state index contributed by atoms with van der Waals surface area (Å²) in [5.74, 6) is -7.23. The molecular formula is C23H16Cl3F9N2O2S. The van der Waals surface area contributed by atoms with Crippen molar-refractivity contribution in [3.63, 3.8) is 0 Å². The maximum absolute atomic E-state index is 13.8. The predicted molar refractivity (Wildman–Crippen MR) is 135 cm³/mol. The molecule has 0 spiro atoms. The maximum atomic E-state index is 13.8. The molecule has 2 atom stereocenters. The van der Waals surface area contributed by atoms with Gasteiger partial charge in [0.25, 0.3) is 5.91 Å². The quantitative estimate of drug-likeness (QED) is 0.212. The van der Waals surface area contributed by atoms with E-state index >= 15 is 0 Å². The Hall–Kier alpha value is -2.29. The first-order chi connectivity index (χ1) is 18.2. The minimum atomic E-state index is -5.19. The number of nitrogens with two attached hydrogens (primary N) is 1. The minimum Gasteiger partial charge on any atom is -0.368 e. The van der Waals surface area contributed by atoms with Crippen LogP contribution in [0.2, 0.25) is 15.1 Å². The molecule has 2 unspecified atom stereocenters. The molecule has 0 aromatic heterocycles. The second-order valence-corrected chi connectivity index (χ2v) is 10.3. The van der Waals surface area contributed by atoms with E-state index in [0.717, 1.165) is 24.3 Å². The molecule has 3 N–H and O–H groups in total. The number of halogens is 12. The van der Waals surface area contributed by atoms with E-state index in [9.17, 15) is 49.1 Å². The largest absolute Gasteiger partial charge is 0.417 e. The lowest BCUT2D eigenvalue weighted by atomic mass is 9.96. The Bertz CT molecular complexity index is 1260. The van der Waals surface area contributed by atoms with Crippen LogP contribution < -0.4 is 11.1 Å². The van der Waals surface area contributed by atoms with Crippen LogP contribution >= 0.6 is 46.6 Å². The average Bonchev–Trinajstić information content (AvgIpc) is 2.79. The van der Waals surface area contributed by atoms with Crippen LogP contribution in [-0.4, -0.2) is 41.7 Å². The average molecular weight is 662 g/mol. The highest BCUT2D eigenvalue weighted by Gasteiger charge is 2.40. The number of nitrogens with one attached hydrogen (secondary N) is 1. The topological polar surface area (TPSA) is 72.2 Å². The van der Waals surface area contributed by atoms with Crippen LogP contribution in [0, 0.1) is 0 Å². The first-order valence-electron chi connectivity index (χ1n) is 10.6. The summed E-state index contributed by atoms with van der Waals surface area (Å²) in [5.41, 5.74) is 1.58. The molecule has 0 radical (unpaired) electrons. The number of allylic oxidation sites excluding steroid dienone is 1. The summed E-state index contributed by atoms with van der Waals surface area (Å²) in [5, 5.41) is 1.09. The number of rotatable bonds is 9. The predicted octanol–water partition coefficient (Wildman–Crippen LogP) is 7.90. The van der Waals surface area contributed by atoms with Gasteiger partial charge in [0.2, 0.25) is 5.91 Å². The van der Waals surface area contributed by atoms with Gasteiger partial charge in [-0.1, -0.05) is 53.0 Å². The van der Waals surface area contributed by atoms with Crippen molar-refractivity contribution >= 4 is 64.5 Å². The Morgan fingerprint density at radius 3 is 2.00 bits per heavy atom. The van der Waals surface area contributed by atoms with E-state index in [4.69, 9.17) is 40.5 Å². The molecule has 0 heterocycles. The molecule has 0 bridgehead atoms. The van der Waals surface area contributed by atoms with E-state index in [1.54, 1.807) is 0 Å². The van der Waals surface area contributed by atoms with Crippen molar-refractivity contribution < 1.29 is 49.1 Å². The van der Waals surface area contributed by atoms with Crippen molar-refractivity contribution in [1.29, 1.82) is 0 Å². The highest BCUT2D eigenvalue weighted by Crippen LogP contribution is 2.41. The summed E-state index contributed by atoms with van der Waals surface area (Å²) < 4.78 is 120. The van der Waals surface area contributed by atoms with Crippen LogP contribution in [0.25, 0.3) is 6.08 Å². The molecule has 220 valence electrons. The van der Waals surface area contributed by atoms with Gasteiger partial charge in [-0.3, -0.25) is 9.59 Å². The van der Waals surface area contributed by atoms with Crippen molar-refractivity contribution in [2.45, 2.75) is 30.5 Å². The van der Waals surface area contributed by atoms with Crippen LogP contribution in [0.5, 0.6) is 0 Å². The van der Waals surface area contributed by atoms with Gasteiger partial charge in [0.1, 0.15) is 6.04 Å². The highest BCUT2D eigenvalue weighted by molar-refractivity contribution is 7.99. The van der Waals surface area contributed by atoms with E-state index in [0.29, 0.717) is 18.2 Å². The molecule has 0 saturated heterocycles. The smallest absolute Gasteiger partial charge is 0.368 e. The van der Waals surface area contributed by atoms with Gasteiger partial charge in [-0.15, -0.1) is 11.8 Å². The highest BCUT2D eigenvalue weighted by atomic mass is 35.5. The van der Waals surface area contributed by atoms with Gasteiger partial charge in [-0.05, 0) is 35.4 Å². The van der Waals surface area contributed by atoms with Crippen LogP contribution in [0.4, 0.5) is 39.5 Å². The Kier molecular flexibility index (Phi) is 11.1. The third-order valence-corrected chi connectivity index (χ3v) is 7.29. The summed E-state index contributed by atoms with van der Waals surface area (Å²) in [6.07, 6.45) is -13.4. The zero-order chi connectivity index (χ0) is 30.6. The number of benzene rings is 2. The van der Waals surface area contributed by atoms with E-state index in [1.165, 1.54) is 0 Å². The van der Waals surface area contributed by atoms with Gasteiger partial charge < -0.3 is 11.1 Å². The fourth-order valence-corrected chi connectivity index (χ4v) is 4.64. The number of alkyl halides is 9. The van der Waals surface area contributed by atoms with Crippen molar-refractivity contribution in [1.82, 2.24) is 5.32 Å². The Morgan fingerprint density at radius 2 is 1.52 bits per heavy atom. The van der Waals surface area contributed by atoms with Gasteiger partial charge in [0.05, 0.1) is 37.9 Å². The SMILES string of the molecule is NC(=O)C(CSCC(F)(F)F)NC(=O)c1ccc(/C=C/C(c2cc(Cl)c(Cl)c(Cl)c2)C(F)(F)F)cc1C(F)(F)F. The molecule has 0 fully saturated rings. The number of primary amides is 1. The normalized spacial score (nSPS) is 14.3. The minimum absolute atomic E-state index is 0.170. The second-order valence-electron chi connectivity index (χ2n) is 8.04. The third-order valence-electron chi connectivity index (χ3n) is 4.99. The molecule has 40 heavy (non-hydrogen) atoms. The molecule has 0 saturated carbocycles. The fourth-order valence-electron chi connectivity index (χ4n) is 3.19. The number of thioether (sulfide) groups is 1. The summed E-state index contributed by atoms with van der Waals surface area (Å²) >= 11 is 17.5. The first-order valence-corrected chi connectivity index (χ1v) is 12.8. The van der Waals surface area contributed by atoms with Gasteiger partial charge in [0, 0.05) is 5.75 Å². The van der Waals surface area contributed by atoms with Crippen molar-refractivity contribution in [3.8, 4) is 0 Å². The molecule has 0 aliphatic rings. The number of hydrogen-bond donors (Lipinski definition) is 2. The summed E-state index contributed by atoms with van der Waals surface area (Å²) in [6, 6.07) is 1.97. The maximum Gasteiger partial charge on any atom is 0.417 e. The van der Waals surface area contributed by atoms with Crippen molar-refractivity contribution in [2.75, 3.05) is 11.5 Å². The molecule has 17 heteroatoms. The second kappa shape index (κ2) is 13.1. The molecular weight excluding hydrogens is 646 g/mol. The Balaban J connectivity index is 2.40. The van der Waals surface area contributed by atoms with E-state index in [1.807, 2.05) is 5.32 Å². The van der Waals surface area contributed by atoms with Gasteiger partial charge in [-0.25, -0.2) is 0 Å². The number of carbonyl (C=O) groups excluding carboxylic acids is 2. The van der Waals surface area contributed by atoms with Crippen molar-refractivity contribution in [2.24, 2.45) is 5.73 Å². The van der Waals surface area contributed by atoms with Crippen LogP contribution in [0.1, 0.15) is 33.0 Å². The van der Waals surface area contributed by atoms with Crippen LogP contribution in [0.3, 0.4) is 0 Å². The fraction of sp³-hybridized carbons (Fsp3) is 0.304. The molecule has 2 amide bonds. The standard InChI is InChI=1S/C23H16Cl3F9N2O2S/c24-15-6-11(7-16(25)18(15)26)13(22(30,31)32)4-2-10-1-3-12(14(5-10)23(33,34)35)20(39)37-17(19(36)38)8-40-9-21(27,28)29/h1-7,13,17H,8-9H2,(H2,36,38)(H,37,39)/b4-2+. The zero-order valence-corrected chi connectivity index (χ0v) is 22.5. The lowest BCUT2D eigenvalue weighted by molar-refractivity contribution is -0.139. The molecule has 4 nitrogen and oxygen atoms in total. The van der Waals surface area contributed by atoms with E-state index in [-0.39, 0.29) is 26.8 Å². The van der Waals surface area contributed by atoms with Crippen LogP contribution in [0.15, 0.2) is 36.4 Å². The van der Waals surface area contributed by atoms with Gasteiger partial charge in [0.15, 0.2) is 0 Å². The number of hydrogen-bond acceptors (Lipinski definition) is 3. The summed E-state index contributed by atoms with van der Waals surface area (Å²) in [4.78, 5) is 24.1. The molecule has 2 rings (SSSR count). The monoisotopic (exact) mass is 660 g/mol. The summed E-state index contributed by atoms with van der Waals surface area (Å²) in [7, 11) is 0. The lowest BCUT2D eigenvalue weighted by Crippen LogP contribution is -2.46. The van der Waals surface area contributed by atoms with Crippen LogP contribution in [-0.2, 0) is 11.0 Å². The molecule has 2 aromatic rings. The van der Waals surface area contributed by atoms with E-state index < -0.39 is 76.1 Å². The zero-order valence-electron chi connectivity index (χ0n) is 19.4. The Morgan fingerprint density at radius 1 is 0.950 bits per heavy atom. The van der Waals surface area contributed by atoms with Gasteiger partial charge >= 0.3 is 18.5 Å². The van der Waals surface area contributed by atoms with Gasteiger partial charge in [-0.2, -0.15) is 39.5 Å².